The van der Waals surface area contributed by atoms with Crippen LogP contribution >= 0.6 is 0 Å². The van der Waals surface area contributed by atoms with Crippen LogP contribution in [-0.2, 0) is 0 Å². The highest BCUT2D eigenvalue weighted by atomic mass is 28.3. The molecular formula is C14H28N2Si. The smallest absolute Gasteiger partial charge is 0.273 e. The Labute approximate surface area is 109 Å². The first-order chi connectivity index (χ1) is 7.53. The van der Waals surface area contributed by atoms with Crippen LogP contribution in [0.25, 0.3) is 0 Å². The van der Waals surface area contributed by atoms with E-state index < -0.39 is 9.12 Å². The van der Waals surface area contributed by atoms with Gasteiger partial charge in [0.15, 0.2) is 0 Å². The number of allylic oxidation sites excluding steroid dienone is 1. The summed E-state index contributed by atoms with van der Waals surface area (Å²) >= 11 is 0. The number of hydrogen-bond donors (Lipinski definition) is 0. The molecular weight excluding hydrogens is 224 g/mol. The molecule has 0 bridgehead atoms. The highest BCUT2D eigenvalue weighted by molar-refractivity contribution is 6.60. The molecule has 98 valence electrons. The third-order valence-electron chi connectivity index (χ3n) is 2.99. The monoisotopic (exact) mass is 252 g/mol. The highest BCUT2D eigenvalue weighted by Crippen LogP contribution is 2.29. The average Bonchev–Trinajstić information content (AvgIpc) is 2.43. The first kappa shape index (κ1) is 14.4. The van der Waals surface area contributed by atoms with Crippen molar-refractivity contribution in [1.82, 2.24) is 9.13 Å². The topological polar surface area (TPSA) is 6.48 Å². The van der Waals surface area contributed by atoms with E-state index in [-0.39, 0.29) is 11.1 Å². The Bertz CT molecular complexity index is 303. The number of nitrogens with zero attached hydrogens (tertiary/aromatic N) is 2. The van der Waals surface area contributed by atoms with Gasteiger partial charge in [-0.25, -0.2) is 0 Å². The Hall–Kier alpha value is -0.703. The molecule has 0 spiro atoms. The van der Waals surface area contributed by atoms with Crippen LogP contribution in [-0.4, -0.2) is 29.3 Å². The van der Waals surface area contributed by atoms with Gasteiger partial charge in [0.05, 0.1) is 0 Å². The van der Waals surface area contributed by atoms with Gasteiger partial charge in [0.1, 0.15) is 0 Å². The third-order valence-corrected chi connectivity index (χ3v) is 6.99. The Morgan fingerprint density at radius 2 is 1.24 bits per heavy atom. The zero-order valence-corrected chi connectivity index (χ0v) is 13.9. The first-order valence-corrected chi connectivity index (χ1v) is 8.13. The molecule has 17 heavy (non-hydrogen) atoms. The summed E-state index contributed by atoms with van der Waals surface area (Å²) in [5.41, 5.74) is 4.32. The van der Waals surface area contributed by atoms with E-state index in [4.69, 9.17) is 0 Å². The largest absolute Gasteiger partial charge is 0.380 e. The van der Waals surface area contributed by atoms with Gasteiger partial charge in [0.2, 0.25) is 0 Å². The van der Waals surface area contributed by atoms with Crippen LogP contribution in [0.2, 0.25) is 0 Å². The molecule has 0 aromatic rings. The summed E-state index contributed by atoms with van der Waals surface area (Å²) < 4.78 is 5.12. The maximum atomic E-state index is 2.56. The van der Waals surface area contributed by atoms with Gasteiger partial charge in [-0.1, -0.05) is 11.3 Å². The fraction of sp³-hybridized carbons (Fsp3) is 0.714. The predicted octanol–water partition coefficient (Wildman–Crippen LogP) is 3.40. The van der Waals surface area contributed by atoms with Crippen molar-refractivity contribution in [3.05, 3.63) is 23.7 Å². The zero-order valence-electron chi connectivity index (χ0n) is 12.7. The fourth-order valence-corrected chi connectivity index (χ4v) is 5.43. The summed E-state index contributed by atoms with van der Waals surface area (Å²) in [6.07, 6.45) is 4.56. The van der Waals surface area contributed by atoms with Gasteiger partial charge < -0.3 is 9.13 Å². The molecule has 1 heterocycles. The van der Waals surface area contributed by atoms with Crippen LogP contribution in [0.1, 0.15) is 55.4 Å². The Kier molecular flexibility index (Phi) is 3.82. The molecule has 1 aliphatic rings. The van der Waals surface area contributed by atoms with Gasteiger partial charge in [-0.3, -0.25) is 0 Å². The van der Waals surface area contributed by atoms with E-state index in [0.717, 1.165) is 0 Å². The quantitative estimate of drug-likeness (QED) is 0.660. The van der Waals surface area contributed by atoms with E-state index in [0.29, 0.717) is 0 Å². The summed E-state index contributed by atoms with van der Waals surface area (Å²) in [5.74, 6) is 0. The van der Waals surface area contributed by atoms with Crippen LogP contribution < -0.4 is 0 Å². The van der Waals surface area contributed by atoms with Gasteiger partial charge in [-0.05, 0) is 55.4 Å². The van der Waals surface area contributed by atoms with Gasteiger partial charge in [-0.15, -0.1) is 0 Å². The zero-order chi connectivity index (χ0) is 13.4. The van der Waals surface area contributed by atoms with Crippen LogP contribution in [0.5, 0.6) is 0 Å². The normalized spacial score (nSPS) is 17.9. The molecule has 0 saturated carbocycles. The molecule has 0 fully saturated rings. The second-order valence-electron chi connectivity index (χ2n) is 7.11. The van der Waals surface area contributed by atoms with Crippen molar-refractivity contribution in [2.24, 2.45) is 0 Å². The molecule has 0 aromatic carbocycles. The van der Waals surface area contributed by atoms with Gasteiger partial charge in [0.25, 0.3) is 9.12 Å². The molecule has 0 unspecified atom stereocenters. The Morgan fingerprint density at radius 3 is 1.47 bits per heavy atom. The van der Waals surface area contributed by atoms with E-state index in [1.165, 1.54) is 5.57 Å². The molecule has 0 aromatic heterocycles. The van der Waals surface area contributed by atoms with Crippen molar-refractivity contribution in [2.45, 2.75) is 66.5 Å². The van der Waals surface area contributed by atoms with Gasteiger partial charge in [0, 0.05) is 23.5 Å². The molecule has 0 saturated heterocycles. The van der Waals surface area contributed by atoms with E-state index in [2.05, 4.69) is 82.6 Å². The summed E-state index contributed by atoms with van der Waals surface area (Å²) in [7, 11) is -1.23. The minimum atomic E-state index is -1.23. The van der Waals surface area contributed by atoms with Crippen LogP contribution in [0.3, 0.4) is 0 Å². The summed E-state index contributed by atoms with van der Waals surface area (Å²) in [6.45, 7) is 18.2. The van der Waals surface area contributed by atoms with E-state index in [1.807, 2.05) is 0 Å². The van der Waals surface area contributed by atoms with Crippen LogP contribution in [0, 0.1) is 0 Å². The van der Waals surface area contributed by atoms with Crippen molar-refractivity contribution >= 4 is 9.12 Å². The van der Waals surface area contributed by atoms with Crippen LogP contribution in [0.4, 0.5) is 0 Å². The van der Waals surface area contributed by atoms with Crippen molar-refractivity contribution in [1.29, 1.82) is 0 Å². The second kappa shape index (κ2) is 4.52. The van der Waals surface area contributed by atoms with E-state index >= 15 is 0 Å². The van der Waals surface area contributed by atoms with Gasteiger partial charge >= 0.3 is 0 Å². The lowest BCUT2D eigenvalue weighted by Gasteiger charge is -2.43. The standard InChI is InChI=1S/C14H28N2Si/c1-12(2)11-17-15(13(3,4)5)9-10-16(17)14(6,7)8/h9-11,17H,1-8H3. The third kappa shape index (κ3) is 3.38. The van der Waals surface area contributed by atoms with Crippen molar-refractivity contribution in [3.8, 4) is 0 Å². The molecule has 1 rings (SSSR count). The molecule has 2 nitrogen and oxygen atoms in total. The minimum absolute atomic E-state index is 0.208. The SMILES string of the molecule is CC(C)=C[SiH]1N(C(C)(C)C)C=CN1C(C)(C)C. The summed E-state index contributed by atoms with van der Waals surface area (Å²) in [5, 5.41) is 0. The summed E-state index contributed by atoms with van der Waals surface area (Å²) in [4.78, 5) is 0. The van der Waals surface area contributed by atoms with E-state index in [9.17, 15) is 0 Å². The molecule has 0 N–H and O–H groups in total. The fourth-order valence-electron chi connectivity index (χ4n) is 2.15. The minimum Gasteiger partial charge on any atom is -0.380 e. The molecule has 1 aliphatic heterocycles. The number of rotatable bonds is 1. The Balaban J connectivity index is 3.07. The summed E-state index contributed by atoms with van der Waals surface area (Å²) in [6, 6.07) is 0. The number of hydrogen-bond acceptors (Lipinski definition) is 2. The molecule has 0 amide bonds. The predicted molar refractivity (Wildman–Crippen MR) is 78.9 cm³/mol. The maximum Gasteiger partial charge on any atom is 0.273 e. The molecule has 0 aliphatic carbocycles. The maximum absolute atomic E-state index is 2.56. The highest BCUT2D eigenvalue weighted by Gasteiger charge is 2.38. The van der Waals surface area contributed by atoms with Gasteiger partial charge in [-0.2, -0.15) is 0 Å². The molecule has 0 atom stereocenters. The Morgan fingerprint density at radius 1 is 0.882 bits per heavy atom. The lowest BCUT2D eigenvalue weighted by atomic mass is 10.1. The average molecular weight is 252 g/mol. The first-order valence-electron chi connectivity index (χ1n) is 6.44. The van der Waals surface area contributed by atoms with Crippen molar-refractivity contribution in [3.63, 3.8) is 0 Å². The van der Waals surface area contributed by atoms with Crippen LogP contribution in [0.15, 0.2) is 23.7 Å². The lowest BCUT2D eigenvalue weighted by molar-refractivity contribution is 0.285. The second-order valence-corrected chi connectivity index (χ2v) is 9.39. The van der Waals surface area contributed by atoms with E-state index in [1.54, 1.807) is 0 Å². The van der Waals surface area contributed by atoms with Crippen molar-refractivity contribution < 1.29 is 0 Å². The lowest BCUT2D eigenvalue weighted by Crippen LogP contribution is -2.55. The molecule has 0 radical (unpaired) electrons. The molecule has 3 heteroatoms. The van der Waals surface area contributed by atoms with Crippen molar-refractivity contribution in [2.75, 3.05) is 0 Å².